The van der Waals surface area contributed by atoms with Crippen LogP contribution in [-0.4, -0.2) is 64.9 Å². The van der Waals surface area contributed by atoms with E-state index in [0.29, 0.717) is 13.0 Å². The van der Waals surface area contributed by atoms with Crippen LogP contribution in [0.3, 0.4) is 0 Å². The second-order valence-corrected chi connectivity index (χ2v) is 9.04. The number of β-amino-alcohol motifs (C(OH)–C–C–N with tert-alkyl or cyclic N) is 1. The van der Waals surface area contributed by atoms with Crippen molar-refractivity contribution < 1.29 is 29.3 Å². The quantitative estimate of drug-likeness (QED) is 0.621. The molecule has 1 aliphatic heterocycles. The summed E-state index contributed by atoms with van der Waals surface area (Å²) in [5.74, 6) is -1.77. The van der Waals surface area contributed by atoms with Crippen molar-refractivity contribution in [2.24, 2.45) is 11.8 Å². The second-order valence-electron chi connectivity index (χ2n) is 9.04. The number of carboxylic acid groups (broad SMARTS) is 1. The number of likely N-dealkylation sites (tertiary alicyclic amines) is 1. The molecule has 2 fully saturated rings. The SMILES string of the molecule is O=C(NC[C@H]1C[C@H]1C(=O)N1C[C@H](O)C[C@@H]1C(=O)O)OCC1c2ccccc2-c2ccccc21. The number of nitrogens with zero attached hydrogens (tertiary/aromatic N) is 1. The van der Waals surface area contributed by atoms with Crippen LogP contribution in [0.4, 0.5) is 4.79 Å². The first kappa shape index (κ1) is 21.5. The summed E-state index contributed by atoms with van der Waals surface area (Å²) in [6, 6.07) is 15.2. The van der Waals surface area contributed by atoms with E-state index in [1.165, 1.54) is 4.90 Å². The average molecular weight is 450 g/mol. The molecule has 33 heavy (non-hydrogen) atoms. The fourth-order valence-corrected chi connectivity index (χ4v) is 5.14. The van der Waals surface area contributed by atoms with E-state index in [0.717, 1.165) is 22.3 Å². The molecule has 8 heteroatoms. The molecule has 2 amide bonds. The van der Waals surface area contributed by atoms with Gasteiger partial charge in [0.1, 0.15) is 12.6 Å². The molecular formula is C25H26N2O6. The number of fused-ring (bicyclic) bond motifs is 3. The first-order valence-corrected chi connectivity index (χ1v) is 11.2. The summed E-state index contributed by atoms with van der Waals surface area (Å²) in [4.78, 5) is 37.6. The van der Waals surface area contributed by atoms with Crippen LogP contribution in [0.15, 0.2) is 48.5 Å². The molecule has 0 bridgehead atoms. The van der Waals surface area contributed by atoms with Crippen LogP contribution in [0.2, 0.25) is 0 Å². The van der Waals surface area contributed by atoms with Crippen molar-refractivity contribution >= 4 is 18.0 Å². The molecule has 4 atom stereocenters. The molecular weight excluding hydrogens is 424 g/mol. The first-order valence-electron chi connectivity index (χ1n) is 11.2. The van der Waals surface area contributed by atoms with E-state index < -0.39 is 24.2 Å². The van der Waals surface area contributed by atoms with Crippen LogP contribution in [0.1, 0.15) is 29.9 Å². The van der Waals surface area contributed by atoms with Gasteiger partial charge in [0.25, 0.3) is 0 Å². The van der Waals surface area contributed by atoms with Gasteiger partial charge in [0.05, 0.1) is 6.10 Å². The third-order valence-corrected chi connectivity index (χ3v) is 6.94. The largest absolute Gasteiger partial charge is 0.480 e. The summed E-state index contributed by atoms with van der Waals surface area (Å²) in [7, 11) is 0. The van der Waals surface area contributed by atoms with Crippen LogP contribution in [-0.2, 0) is 14.3 Å². The van der Waals surface area contributed by atoms with E-state index in [1.54, 1.807) is 0 Å². The van der Waals surface area contributed by atoms with Gasteiger partial charge in [-0.2, -0.15) is 0 Å². The third kappa shape index (κ3) is 4.06. The zero-order valence-corrected chi connectivity index (χ0v) is 18.0. The number of alkyl carbamates (subject to hydrolysis) is 1. The highest BCUT2D eigenvalue weighted by atomic mass is 16.5. The number of nitrogens with one attached hydrogen (secondary N) is 1. The molecule has 5 rings (SSSR count). The lowest BCUT2D eigenvalue weighted by molar-refractivity contribution is -0.148. The van der Waals surface area contributed by atoms with Gasteiger partial charge in [-0.15, -0.1) is 0 Å². The van der Waals surface area contributed by atoms with Crippen LogP contribution < -0.4 is 5.32 Å². The lowest BCUT2D eigenvalue weighted by atomic mass is 9.98. The minimum Gasteiger partial charge on any atom is -0.480 e. The molecule has 0 spiro atoms. The summed E-state index contributed by atoms with van der Waals surface area (Å²) >= 11 is 0. The van der Waals surface area contributed by atoms with Crippen molar-refractivity contribution in [1.29, 1.82) is 0 Å². The Hall–Kier alpha value is -3.39. The average Bonchev–Trinajstić information content (AvgIpc) is 3.38. The maximum absolute atomic E-state index is 12.7. The number of rotatable bonds is 6. The zero-order valence-electron chi connectivity index (χ0n) is 18.0. The Morgan fingerprint density at radius 2 is 1.64 bits per heavy atom. The van der Waals surface area contributed by atoms with E-state index >= 15 is 0 Å². The van der Waals surface area contributed by atoms with Crippen molar-refractivity contribution in [3.63, 3.8) is 0 Å². The lowest BCUT2D eigenvalue weighted by Gasteiger charge is -2.21. The Kier molecular flexibility index (Phi) is 5.54. The molecule has 3 N–H and O–H groups in total. The van der Waals surface area contributed by atoms with Crippen molar-refractivity contribution in [2.45, 2.75) is 30.9 Å². The number of benzene rings is 2. The van der Waals surface area contributed by atoms with E-state index in [-0.39, 0.29) is 43.2 Å². The number of hydrogen-bond donors (Lipinski definition) is 3. The van der Waals surface area contributed by atoms with Gasteiger partial charge in [0, 0.05) is 31.3 Å². The highest BCUT2D eigenvalue weighted by molar-refractivity contribution is 5.87. The normalized spacial score (nSPS) is 25.3. The molecule has 172 valence electrons. The van der Waals surface area contributed by atoms with Crippen LogP contribution in [0.5, 0.6) is 0 Å². The maximum Gasteiger partial charge on any atom is 0.407 e. The second kappa shape index (κ2) is 8.51. The predicted octanol–water partition coefficient (Wildman–Crippen LogP) is 2.21. The summed E-state index contributed by atoms with van der Waals surface area (Å²) in [5.41, 5.74) is 4.60. The van der Waals surface area contributed by atoms with E-state index in [2.05, 4.69) is 29.6 Å². The fourth-order valence-electron chi connectivity index (χ4n) is 5.14. The van der Waals surface area contributed by atoms with E-state index in [1.807, 2.05) is 24.3 Å². The summed E-state index contributed by atoms with van der Waals surface area (Å²) < 4.78 is 5.52. The Labute approximate surface area is 191 Å². The van der Waals surface area contributed by atoms with E-state index in [4.69, 9.17) is 4.74 Å². The number of ether oxygens (including phenoxy) is 1. The minimum absolute atomic E-state index is 0.0204. The van der Waals surface area contributed by atoms with Gasteiger partial charge in [-0.3, -0.25) is 4.79 Å². The summed E-state index contributed by atoms with van der Waals surface area (Å²) in [6.07, 6.45) is -0.709. The standard InChI is InChI=1S/C25H26N2O6/c28-15-10-22(24(30)31)27(12-15)23(29)20-9-14(20)11-26-25(32)33-13-21-18-7-3-1-5-16(18)17-6-2-4-8-19(17)21/h1-8,14-15,20-22,28H,9-13H2,(H,26,32)(H,30,31)/t14-,15-,20-,22-/m1/s1. The molecule has 3 aliphatic rings. The predicted molar refractivity (Wildman–Crippen MR) is 118 cm³/mol. The van der Waals surface area contributed by atoms with Crippen molar-refractivity contribution in [3.8, 4) is 11.1 Å². The molecule has 1 heterocycles. The molecule has 2 aliphatic carbocycles. The number of aliphatic hydroxyl groups excluding tert-OH is 1. The maximum atomic E-state index is 12.7. The van der Waals surface area contributed by atoms with Gasteiger partial charge in [-0.1, -0.05) is 48.5 Å². The molecule has 2 aromatic carbocycles. The number of amides is 2. The zero-order chi connectivity index (χ0) is 23.1. The number of hydrogen-bond acceptors (Lipinski definition) is 5. The van der Waals surface area contributed by atoms with E-state index in [9.17, 15) is 24.6 Å². The van der Waals surface area contributed by atoms with Gasteiger partial charge in [-0.05, 0) is 34.6 Å². The van der Waals surface area contributed by atoms with Crippen LogP contribution >= 0.6 is 0 Å². The van der Waals surface area contributed by atoms with Gasteiger partial charge in [-0.25, -0.2) is 9.59 Å². The molecule has 0 radical (unpaired) electrons. The highest BCUT2D eigenvalue weighted by Crippen LogP contribution is 2.44. The lowest BCUT2D eigenvalue weighted by Crippen LogP contribution is -2.42. The Morgan fingerprint density at radius 1 is 1.00 bits per heavy atom. The first-order chi connectivity index (χ1) is 15.9. The molecule has 8 nitrogen and oxygen atoms in total. The minimum atomic E-state index is -1.10. The summed E-state index contributed by atoms with van der Waals surface area (Å²) in [6.45, 7) is 0.554. The third-order valence-electron chi connectivity index (χ3n) is 6.94. The van der Waals surface area contributed by atoms with Crippen LogP contribution in [0.25, 0.3) is 11.1 Å². The Balaban J connectivity index is 1.12. The van der Waals surface area contributed by atoms with Gasteiger partial charge in [0.2, 0.25) is 5.91 Å². The number of carboxylic acids is 1. The van der Waals surface area contributed by atoms with Gasteiger partial charge in [0.15, 0.2) is 0 Å². The highest BCUT2D eigenvalue weighted by Gasteiger charge is 2.49. The van der Waals surface area contributed by atoms with Crippen molar-refractivity contribution in [1.82, 2.24) is 10.2 Å². The number of carbonyl (C=O) groups excluding carboxylic acids is 2. The smallest absolute Gasteiger partial charge is 0.407 e. The molecule has 0 aromatic heterocycles. The van der Waals surface area contributed by atoms with Gasteiger partial charge < -0.3 is 25.2 Å². The molecule has 1 saturated carbocycles. The number of aliphatic hydroxyl groups is 1. The number of aliphatic carboxylic acids is 1. The monoisotopic (exact) mass is 450 g/mol. The number of carbonyl (C=O) groups is 3. The van der Waals surface area contributed by atoms with Crippen molar-refractivity contribution in [2.75, 3.05) is 19.7 Å². The molecule has 2 aromatic rings. The Bertz CT molecular complexity index is 1060. The van der Waals surface area contributed by atoms with Gasteiger partial charge >= 0.3 is 12.1 Å². The molecule has 1 saturated heterocycles. The fraction of sp³-hybridized carbons (Fsp3) is 0.400. The molecule has 0 unspecified atom stereocenters. The topological polar surface area (TPSA) is 116 Å². The summed E-state index contributed by atoms with van der Waals surface area (Å²) in [5, 5.41) is 21.8. The van der Waals surface area contributed by atoms with Crippen molar-refractivity contribution in [3.05, 3.63) is 59.7 Å². The Morgan fingerprint density at radius 3 is 2.27 bits per heavy atom. The van der Waals surface area contributed by atoms with Crippen LogP contribution in [0, 0.1) is 11.8 Å².